The quantitative estimate of drug-likeness (QED) is 0.891. The molecule has 0 bridgehead atoms. The van der Waals surface area contributed by atoms with Crippen molar-refractivity contribution >= 4 is 5.69 Å². The molecule has 4 nitrogen and oxygen atoms in total. The number of nitrogens with one attached hydrogen (secondary N) is 1. The van der Waals surface area contributed by atoms with Crippen molar-refractivity contribution in [3.8, 4) is 17.6 Å². The lowest BCUT2D eigenvalue weighted by Gasteiger charge is -2.17. The Bertz CT molecular complexity index is 647. The van der Waals surface area contributed by atoms with E-state index in [-0.39, 0.29) is 11.8 Å². The first kappa shape index (κ1) is 13.8. The zero-order valence-corrected chi connectivity index (χ0v) is 11.4. The van der Waals surface area contributed by atoms with Crippen molar-refractivity contribution in [2.24, 2.45) is 0 Å². The van der Waals surface area contributed by atoms with Crippen LogP contribution in [0.4, 0.5) is 5.69 Å². The van der Waals surface area contributed by atoms with E-state index in [1.165, 1.54) is 0 Å². The van der Waals surface area contributed by atoms with Crippen molar-refractivity contribution < 1.29 is 9.84 Å². The molecule has 0 fully saturated rings. The number of hydrogen-bond donors (Lipinski definition) is 2. The van der Waals surface area contributed by atoms with Crippen molar-refractivity contribution in [1.82, 2.24) is 0 Å². The van der Waals surface area contributed by atoms with Gasteiger partial charge < -0.3 is 15.2 Å². The third-order valence-corrected chi connectivity index (χ3v) is 3.08. The second-order valence-corrected chi connectivity index (χ2v) is 4.48. The van der Waals surface area contributed by atoms with Gasteiger partial charge in [-0.15, -0.1) is 0 Å². The smallest absolute Gasteiger partial charge is 0.124 e. The number of nitriles is 1. The molecule has 2 rings (SSSR count). The summed E-state index contributed by atoms with van der Waals surface area (Å²) in [6.07, 6.45) is 0. The number of phenols is 1. The summed E-state index contributed by atoms with van der Waals surface area (Å²) in [5, 5.41) is 22.1. The van der Waals surface area contributed by atoms with Crippen molar-refractivity contribution in [1.29, 1.82) is 5.26 Å². The Labute approximate surface area is 118 Å². The maximum atomic E-state index is 10.00. The predicted octanol–water partition coefficient (Wildman–Crippen LogP) is 3.45. The molecule has 4 heteroatoms. The van der Waals surface area contributed by atoms with Gasteiger partial charge in [0.05, 0.1) is 24.8 Å². The van der Waals surface area contributed by atoms with Gasteiger partial charge >= 0.3 is 0 Å². The van der Waals surface area contributed by atoms with Crippen molar-refractivity contribution in [3.63, 3.8) is 0 Å². The highest BCUT2D eigenvalue weighted by Crippen LogP contribution is 2.30. The van der Waals surface area contributed by atoms with Gasteiger partial charge in [0.2, 0.25) is 0 Å². The Morgan fingerprint density at radius 2 is 2.05 bits per heavy atom. The maximum absolute atomic E-state index is 10.00. The lowest BCUT2D eigenvalue weighted by molar-refractivity contribution is 0.406. The number of methoxy groups -OCH3 is 1. The number of phenolic OH excluding ortho intramolecular Hbond substituents is 1. The Morgan fingerprint density at radius 1 is 1.25 bits per heavy atom. The molecule has 0 saturated heterocycles. The topological polar surface area (TPSA) is 65.3 Å². The second kappa shape index (κ2) is 5.98. The largest absolute Gasteiger partial charge is 0.507 e. The molecule has 0 radical (unpaired) electrons. The highest BCUT2D eigenvalue weighted by molar-refractivity contribution is 5.52. The van der Waals surface area contributed by atoms with Crippen molar-refractivity contribution in [2.75, 3.05) is 12.4 Å². The first-order valence-electron chi connectivity index (χ1n) is 6.27. The highest BCUT2D eigenvalue weighted by Gasteiger charge is 2.11. The number of ether oxygens (including phenoxy) is 1. The normalized spacial score (nSPS) is 11.4. The molecule has 0 heterocycles. The fourth-order valence-electron chi connectivity index (χ4n) is 2.02. The third kappa shape index (κ3) is 3.01. The van der Waals surface area contributed by atoms with E-state index in [0.717, 1.165) is 11.3 Å². The van der Waals surface area contributed by atoms with Crippen LogP contribution in [0.15, 0.2) is 42.5 Å². The van der Waals surface area contributed by atoms with Crippen molar-refractivity contribution in [3.05, 3.63) is 53.6 Å². The third-order valence-electron chi connectivity index (χ3n) is 3.08. The zero-order chi connectivity index (χ0) is 14.5. The molecule has 1 unspecified atom stereocenters. The highest BCUT2D eigenvalue weighted by atomic mass is 16.5. The van der Waals surface area contributed by atoms with Gasteiger partial charge in [-0.25, -0.2) is 0 Å². The Hall–Kier alpha value is -2.67. The van der Waals surface area contributed by atoms with Crippen LogP contribution in [0.1, 0.15) is 24.1 Å². The van der Waals surface area contributed by atoms with Gasteiger partial charge in [0.15, 0.2) is 0 Å². The summed E-state index contributed by atoms with van der Waals surface area (Å²) in [7, 11) is 1.56. The first-order valence-corrected chi connectivity index (χ1v) is 6.27. The number of benzene rings is 2. The predicted molar refractivity (Wildman–Crippen MR) is 77.9 cm³/mol. The summed E-state index contributed by atoms with van der Waals surface area (Å²) < 4.78 is 5.06. The van der Waals surface area contributed by atoms with Crippen LogP contribution in [-0.4, -0.2) is 12.2 Å². The van der Waals surface area contributed by atoms with E-state index < -0.39 is 0 Å². The van der Waals surface area contributed by atoms with E-state index in [1.807, 2.05) is 25.1 Å². The number of rotatable bonds is 4. The molecule has 1 atom stereocenters. The fourth-order valence-corrected chi connectivity index (χ4v) is 2.02. The Balaban J connectivity index is 2.19. The second-order valence-electron chi connectivity index (χ2n) is 4.48. The monoisotopic (exact) mass is 268 g/mol. The van der Waals surface area contributed by atoms with E-state index in [0.29, 0.717) is 11.3 Å². The minimum absolute atomic E-state index is 0.0881. The van der Waals surface area contributed by atoms with E-state index in [1.54, 1.807) is 31.4 Å². The molecule has 0 aliphatic rings. The summed E-state index contributed by atoms with van der Waals surface area (Å²) in [5.74, 6) is 0.797. The van der Waals surface area contributed by atoms with E-state index in [9.17, 15) is 5.11 Å². The molecular weight excluding hydrogens is 252 g/mol. The van der Waals surface area contributed by atoms with E-state index >= 15 is 0 Å². The molecule has 0 aromatic heterocycles. The lowest BCUT2D eigenvalue weighted by atomic mass is 10.1. The molecule has 0 amide bonds. The minimum atomic E-state index is -0.0881. The Kier molecular flexibility index (Phi) is 4.11. The summed E-state index contributed by atoms with van der Waals surface area (Å²) in [6, 6.07) is 14.5. The summed E-state index contributed by atoms with van der Waals surface area (Å²) in [4.78, 5) is 0. The standard InChI is InChI=1S/C16H16N2O2/c1-11(15-7-6-14(20-2)9-16(15)19)18-13-5-3-4-12(8-13)10-17/h3-9,11,18-19H,1-2H3. The van der Waals surface area contributed by atoms with Crippen LogP contribution in [0.5, 0.6) is 11.5 Å². The zero-order valence-electron chi connectivity index (χ0n) is 11.4. The van der Waals surface area contributed by atoms with Crippen LogP contribution >= 0.6 is 0 Å². The molecule has 0 spiro atoms. The van der Waals surface area contributed by atoms with Gasteiger partial charge in [0, 0.05) is 17.3 Å². The van der Waals surface area contributed by atoms with Gasteiger partial charge in [-0.1, -0.05) is 6.07 Å². The number of nitrogens with zero attached hydrogens (tertiary/aromatic N) is 1. The summed E-state index contributed by atoms with van der Waals surface area (Å²) >= 11 is 0. The van der Waals surface area contributed by atoms with Crippen molar-refractivity contribution in [2.45, 2.75) is 13.0 Å². The molecule has 2 aromatic carbocycles. The number of hydrogen-bond acceptors (Lipinski definition) is 4. The van der Waals surface area contributed by atoms with E-state index in [4.69, 9.17) is 10.00 Å². The van der Waals surface area contributed by atoms with Crippen LogP contribution < -0.4 is 10.1 Å². The molecule has 20 heavy (non-hydrogen) atoms. The molecule has 102 valence electrons. The van der Waals surface area contributed by atoms with Crippen LogP contribution in [0, 0.1) is 11.3 Å². The SMILES string of the molecule is COc1ccc(C(C)Nc2cccc(C#N)c2)c(O)c1. The molecule has 2 aromatic rings. The van der Waals surface area contributed by atoms with Crippen LogP contribution in [0.2, 0.25) is 0 Å². The van der Waals surface area contributed by atoms with Gasteiger partial charge in [-0.05, 0) is 37.3 Å². The molecule has 0 aliphatic heterocycles. The van der Waals surface area contributed by atoms with Gasteiger partial charge in [0.25, 0.3) is 0 Å². The number of anilines is 1. The van der Waals surface area contributed by atoms with Crippen LogP contribution in [0.3, 0.4) is 0 Å². The lowest BCUT2D eigenvalue weighted by Crippen LogP contribution is -2.07. The summed E-state index contributed by atoms with van der Waals surface area (Å²) in [6.45, 7) is 1.95. The maximum Gasteiger partial charge on any atom is 0.124 e. The van der Waals surface area contributed by atoms with Gasteiger partial charge in [-0.3, -0.25) is 0 Å². The minimum Gasteiger partial charge on any atom is -0.507 e. The van der Waals surface area contributed by atoms with E-state index in [2.05, 4.69) is 11.4 Å². The van der Waals surface area contributed by atoms with Gasteiger partial charge in [0.1, 0.15) is 11.5 Å². The molecule has 2 N–H and O–H groups in total. The Morgan fingerprint density at radius 3 is 2.70 bits per heavy atom. The van der Waals surface area contributed by atoms with Gasteiger partial charge in [-0.2, -0.15) is 5.26 Å². The molecular formula is C16H16N2O2. The first-order chi connectivity index (χ1) is 9.63. The average Bonchev–Trinajstić information content (AvgIpc) is 2.47. The fraction of sp³-hybridized carbons (Fsp3) is 0.188. The molecule has 0 aliphatic carbocycles. The van der Waals surface area contributed by atoms with Crippen LogP contribution in [-0.2, 0) is 0 Å². The molecule has 0 saturated carbocycles. The van der Waals surface area contributed by atoms with Crippen LogP contribution in [0.25, 0.3) is 0 Å². The number of aromatic hydroxyl groups is 1. The summed E-state index contributed by atoms with van der Waals surface area (Å²) in [5.41, 5.74) is 2.21. The average molecular weight is 268 g/mol.